The summed E-state index contributed by atoms with van der Waals surface area (Å²) in [5.41, 5.74) is 2.41. The Kier molecular flexibility index (Phi) is 8.69. The largest absolute Gasteiger partial charge is 0.507 e. The summed E-state index contributed by atoms with van der Waals surface area (Å²) in [5.74, 6) is 0.293. The molecule has 0 aliphatic carbocycles. The number of benzene rings is 2. The number of aromatic hydroxyl groups is 1. The van der Waals surface area contributed by atoms with Crippen molar-refractivity contribution in [2.75, 3.05) is 6.54 Å². The fourth-order valence-corrected chi connectivity index (χ4v) is 3.18. The number of hydrogen-bond donors (Lipinski definition) is 6. The molecule has 0 atom stereocenters. The average molecular weight is 391 g/mol. The van der Waals surface area contributed by atoms with E-state index in [0.29, 0.717) is 22.4 Å². The minimum atomic E-state index is -0.507. The van der Waals surface area contributed by atoms with Crippen LogP contribution in [0.1, 0.15) is 46.7 Å². The fraction of sp³-hybridized carbons (Fsp3) is 0.429. The van der Waals surface area contributed by atoms with E-state index in [0.717, 1.165) is 25.1 Å². The Bertz CT molecular complexity index is 727. The third-order valence-corrected chi connectivity index (χ3v) is 4.72. The van der Waals surface area contributed by atoms with Crippen LogP contribution in [0.4, 0.5) is 0 Å². The highest BCUT2D eigenvalue weighted by Crippen LogP contribution is 2.35. The average Bonchev–Trinajstić information content (AvgIpc) is 2.72. The van der Waals surface area contributed by atoms with Gasteiger partial charge in [-0.15, -0.1) is 0 Å². The molecule has 0 aromatic heterocycles. The molecule has 2 rings (SSSR count). The highest BCUT2D eigenvalue weighted by molar-refractivity contribution is 5.54. The van der Waals surface area contributed by atoms with Gasteiger partial charge in [0, 0.05) is 23.2 Å². The number of aliphatic hydroxyl groups is 4. The summed E-state index contributed by atoms with van der Waals surface area (Å²) < 4.78 is 5.81. The minimum absolute atomic E-state index is 0.0134. The first-order chi connectivity index (χ1) is 13.6. The lowest BCUT2D eigenvalue weighted by Crippen LogP contribution is -2.13. The molecule has 0 bridgehead atoms. The van der Waals surface area contributed by atoms with Crippen LogP contribution in [0.5, 0.6) is 11.5 Å². The highest BCUT2D eigenvalue weighted by Gasteiger charge is 2.22. The van der Waals surface area contributed by atoms with Crippen LogP contribution in [0.15, 0.2) is 24.3 Å². The SMILES string of the molecule is CCCNCc1ccc(OCc2c(CO)c(CO)c(O)c(CO)c2CO)cc1. The number of nitrogens with one attached hydrogen (secondary N) is 1. The monoisotopic (exact) mass is 391 g/mol. The zero-order valence-corrected chi connectivity index (χ0v) is 16.1. The lowest BCUT2D eigenvalue weighted by atomic mass is 9.91. The first kappa shape index (κ1) is 22.1. The fourth-order valence-electron chi connectivity index (χ4n) is 3.18. The maximum atomic E-state index is 10.3. The van der Waals surface area contributed by atoms with Gasteiger partial charge in [0.05, 0.1) is 26.4 Å². The summed E-state index contributed by atoms with van der Waals surface area (Å²) in [7, 11) is 0. The maximum absolute atomic E-state index is 10.3. The van der Waals surface area contributed by atoms with Crippen molar-refractivity contribution in [3.8, 4) is 11.5 Å². The van der Waals surface area contributed by atoms with E-state index < -0.39 is 26.4 Å². The van der Waals surface area contributed by atoms with Gasteiger partial charge in [-0.25, -0.2) is 0 Å². The molecule has 154 valence electrons. The molecule has 6 N–H and O–H groups in total. The van der Waals surface area contributed by atoms with Gasteiger partial charge in [0.1, 0.15) is 18.1 Å². The number of ether oxygens (including phenoxy) is 1. The molecule has 0 spiro atoms. The molecule has 0 aliphatic heterocycles. The Labute approximate surface area is 164 Å². The van der Waals surface area contributed by atoms with Crippen molar-refractivity contribution in [2.45, 2.75) is 52.9 Å². The van der Waals surface area contributed by atoms with Crippen molar-refractivity contribution < 1.29 is 30.3 Å². The number of hydrogen-bond acceptors (Lipinski definition) is 7. The van der Waals surface area contributed by atoms with Gasteiger partial charge in [0.25, 0.3) is 0 Å². The first-order valence-corrected chi connectivity index (χ1v) is 9.34. The smallest absolute Gasteiger partial charge is 0.127 e. The molecular formula is C21H29NO6. The van der Waals surface area contributed by atoms with Gasteiger partial charge in [-0.2, -0.15) is 0 Å². The predicted molar refractivity (Wildman–Crippen MR) is 105 cm³/mol. The van der Waals surface area contributed by atoms with Gasteiger partial charge in [0.15, 0.2) is 0 Å². The van der Waals surface area contributed by atoms with Crippen molar-refractivity contribution in [3.63, 3.8) is 0 Å². The molecule has 0 aliphatic rings. The summed E-state index contributed by atoms with van der Waals surface area (Å²) in [6.45, 7) is 1.95. The van der Waals surface area contributed by atoms with Crippen molar-refractivity contribution in [2.24, 2.45) is 0 Å². The molecule has 28 heavy (non-hydrogen) atoms. The van der Waals surface area contributed by atoms with Crippen molar-refractivity contribution in [3.05, 3.63) is 57.6 Å². The minimum Gasteiger partial charge on any atom is -0.507 e. The van der Waals surface area contributed by atoms with Crippen LogP contribution in [-0.4, -0.2) is 32.1 Å². The van der Waals surface area contributed by atoms with Crippen LogP contribution in [0, 0.1) is 0 Å². The zero-order valence-electron chi connectivity index (χ0n) is 16.1. The van der Waals surface area contributed by atoms with E-state index in [-0.39, 0.29) is 23.5 Å². The Hall–Kier alpha value is -2.16. The van der Waals surface area contributed by atoms with Crippen LogP contribution >= 0.6 is 0 Å². The summed E-state index contributed by atoms with van der Waals surface area (Å²) in [4.78, 5) is 0. The first-order valence-electron chi connectivity index (χ1n) is 9.34. The molecular weight excluding hydrogens is 362 g/mol. The molecule has 2 aromatic carbocycles. The second-order valence-electron chi connectivity index (χ2n) is 6.48. The van der Waals surface area contributed by atoms with Gasteiger partial charge in [-0.3, -0.25) is 0 Å². The second kappa shape index (κ2) is 11.0. The summed E-state index contributed by atoms with van der Waals surface area (Å²) in [5, 5.41) is 52.2. The lowest BCUT2D eigenvalue weighted by molar-refractivity contribution is 0.231. The van der Waals surface area contributed by atoms with E-state index in [2.05, 4.69) is 12.2 Å². The third-order valence-electron chi connectivity index (χ3n) is 4.72. The topological polar surface area (TPSA) is 122 Å². The van der Waals surface area contributed by atoms with Crippen LogP contribution < -0.4 is 10.1 Å². The van der Waals surface area contributed by atoms with Crippen LogP contribution in [-0.2, 0) is 39.6 Å². The molecule has 0 fully saturated rings. The number of rotatable bonds is 11. The Morgan fingerprint density at radius 3 is 1.79 bits per heavy atom. The predicted octanol–water partition coefficient (Wildman–Crippen LogP) is 1.44. The van der Waals surface area contributed by atoms with Crippen LogP contribution in [0.25, 0.3) is 0 Å². The third kappa shape index (κ3) is 5.01. The zero-order chi connectivity index (χ0) is 20.5. The van der Waals surface area contributed by atoms with Crippen LogP contribution in [0.2, 0.25) is 0 Å². The van der Waals surface area contributed by atoms with Gasteiger partial charge in [-0.05, 0) is 41.8 Å². The lowest BCUT2D eigenvalue weighted by Gasteiger charge is -2.21. The number of phenols is 1. The van der Waals surface area contributed by atoms with E-state index >= 15 is 0 Å². The Morgan fingerprint density at radius 2 is 1.32 bits per heavy atom. The molecule has 7 nitrogen and oxygen atoms in total. The quantitative estimate of drug-likeness (QED) is 0.321. The second-order valence-corrected chi connectivity index (χ2v) is 6.48. The van der Waals surface area contributed by atoms with Crippen molar-refractivity contribution >= 4 is 0 Å². The van der Waals surface area contributed by atoms with Gasteiger partial charge < -0.3 is 35.6 Å². The van der Waals surface area contributed by atoms with E-state index in [1.165, 1.54) is 0 Å². The van der Waals surface area contributed by atoms with E-state index in [1.807, 2.05) is 24.3 Å². The standard InChI is InChI=1S/C21H29NO6/c1-2-7-22-8-14-3-5-15(6-4-14)28-13-20-16(9-23)18(11-25)21(27)19(12-26)17(20)10-24/h3-6,22-27H,2,7-13H2,1H3. The maximum Gasteiger partial charge on any atom is 0.127 e. The summed E-state index contributed by atoms with van der Waals surface area (Å²) in [6, 6.07) is 7.57. The molecule has 0 heterocycles. The molecule has 0 unspecified atom stereocenters. The Balaban J connectivity index is 2.25. The van der Waals surface area contributed by atoms with Gasteiger partial charge in [0.2, 0.25) is 0 Å². The Morgan fingerprint density at radius 1 is 0.786 bits per heavy atom. The molecule has 0 amide bonds. The van der Waals surface area contributed by atoms with E-state index in [1.54, 1.807) is 0 Å². The van der Waals surface area contributed by atoms with E-state index in [9.17, 15) is 25.5 Å². The summed E-state index contributed by atoms with van der Waals surface area (Å²) >= 11 is 0. The molecule has 7 heteroatoms. The van der Waals surface area contributed by atoms with Crippen molar-refractivity contribution in [1.29, 1.82) is 0 Å². The van der Waals surface area contributed by atoms with Crippen molar-refractivity contribution in [1.82, 2.24) is 5.32 Å². The van der Waals surface area contributed by atoms with Gasteiger partial charge >= 0.3 is 0 Å². The molecule has 0 radical (unpaired) electrons. The summed E-state index contributed by atoms with van der Waals surface area (Å²) in [6.07, 6.45) is 1.07. The van der Waals surface area contributed by atoms with Crippen LogP contribution in [0.3, 0.4) is 0 Å². The molecule has 0 saturated carbocycles. The normalized spacial score (nSPS) is 11.0. The highest BCUT2D eigenvalue weighted by atomic mass is 16.5. The number of aliphatic hydroxyl groups excluding tert-OH is 4. The molecule has 2 aromatic rings. The van der Waals surface area contributed by atoms with E-state index in [4.69, 9.17) is 4.74 Å². The van der Waals surface area contributed by atoms with Gasteiger partial charge in [-0.1, -0.05) is 19.1 Å². The molecule has 0 saturated heterocycles.